The number of carbonyl (C=O) groups excluding carboxylic acids is 1. The van der Waals surface area contributed by atoms with Crippen molar-refractivity contribution in [1.82, 2.24) is 9.21 Å². The first kappa shape index (κ1) is 18.8. The molecular formula is C17H27N3O3S2. The van der Waals surface area contributed by atoms with Crippen molar-refractivity contribution in [2.24, 2.45) is 11.1 Å². The largest absolute Gasteiger partial charge is 0.337 e. The second kappa shape index (κ2) is 6.98. The summed E-state index contributed by atoms with van der Waals surface area (Å²) in [5.41, 5.74) is 5.98. The summed E-state index contributed by atoms with van der Waals surface area (Å²) in [4.78, 5) is 15.3. The maximum Gasteiger partial charge on any atom is 0.265 e. The van der Waals surface area contributed by atoms with Gasteiger partial charge in [-0.1, -0.05) is 20.3 Å². The molecule has 1 unspecified atom stereocenters. The normalized spacial score (nSPS) is 25.1. The minimum absolute atomic E-state index is 0.0523. The first-order valence-corrected chi connectivity index (χ1v) is 11.2. The topological polar surface area (TPSA) is 83.7 Å². The third-order valence-corrected chi connectivity index (χ3v) is 8.33. The van der Waals surface area contributed by atoms with Gasteiger partial charge in [0.25, 0.3) is 5.91 Å². The van der Waals surface area contributed by atoms with Gasteiger partial charge in [-0.2, -0.15) is 4.31 Å². The van der Waals surface area contributed by atoms with Crippen molar-refractivity contribution in [3.63, 3.8) is 0 Å². The molecule has 0 aromatic carbocycles. The zero-order chi connectivity index (χ0) is 18.2. The Hall–Kier alpha value is -0.960. The van der Waals surface area contributed by atoms with Crippen LogP contribution in [0.2, 0.25) is 0 Å². The van der Waals surface area contributed by atoms with Gasteiger partial charge >= 0.3 is 0 Å². The molecule has 3 rings (SSSR count). The van der Waals surface area contributed by atoms with Crippen LogP contribution in [0.25, 0.3) is 0 Å². The highest BCUT2D eigenvalue weighted by molar-refractivity contribution is 7.89. The number of sulfonamides is 1. The van der Waals surface area contributed by atoms with Crippen molar-refractivity contribution >= 4 is 27.3 Å². The Kier molecular flexibility index (Phi) is 5.26. The van der Waals surface area contributed by atoms with Crippen molar-refractivity contribution in [3.8, 4) is 0 Å². The second-order valence-electron chi connectivity index (χ2n) is 7.69. The number of thiophene rings is 1. The molecule has 8 heteroatoms. The molecule has 2 N–H and O–H groups in total. The molecule has 0 saturated carbocycles. The first-order chi connectivity index (χ1) is 11.7. The van der Waals surface area contributed by atoms with Crippen molar-refractivity contribution in [1.29, 1.82) is 0 Å². The number of nitrogens with zero attached hydrogens (tertiary/aromatic N) is 2. The SMILES string of the molecule is CC1(C)CN(C(=O)c2sccc2S(=O)(=O)N2CCCCC2)CCC1N. The molecule has 0 radical (unpaired) electrons. The number of hydrogen-bond donors (Lipinski definition) is 1. The lowest BCUT2D eigenvalue weighted by molar-refractivity contribution is 0.0534. The van der Waals surface area contributed by atoms with Gasteiger partial charge < -0.3 is 10.6 Å². The second-order valence-corrected chi connectivity index (χ2v) is 10.5. The predicted octanol–water partition coefficient (Wildman–Crippen LogP) is 2.12. The molecule has 1 aromatic rings. The molecule has 1 amide bonds. The molecule has 1 atom stereocenters. The lowest BCUT2D eigenvalue weighted by Gasteiger charge is -2.42. The molecule has 0 aliphatic carbocycles. The zero-order valence-corrected chi connectivity index (χ0v) is 16.5. The molecular weight excluding hydrogens is 358 g/mol. The van der Waals surface area contributed by atoms with Crippen molar-refractivity contribution in [2.45, 2.75) is 50.5 Å². The zero-order valence-electron chi connectivity index (χ0n) is 14.9. The van der Waals surface area contributed by atoms with Gasteiger partial charge in [-0.05, 0) is 36.1 Å². The third kappa shape index (κ3) is 3.63. The van der Waals surface area contributed by atoms with Gasteiger partial charge in [-0.3, -0.25) is 4.79 Å². The molecule has 2 saturated heterocycles. The fourth-order valence-electron chi connectivity index (χ4n) is 3.59. The van der Waals surface area contributed by atoms with Crippen LogP contribution in [0.5, 0.6) is 0 Å². The quantitative estimate of drug-likeness (QED) is 0.864. The number of hydrogen-bond acceptors (Lipinski definition) is 5. The van der Waals surface area contributed by atoms with Crippen molar-refractivity contribution < 1.29 is 13.2 Å². The highest BCUT2D eigenvalue weighted by Gasteiger charge is 2.38. The van der Waals surface area contributed by atoms with Crippen LogP contribution < -0.4 is 5.73 Å². The van der Waals surface area contributed by atoms with E-state index < -0.39 is 10.0 Å². The molecule has 0 bridgehead atoms. The minimum Gasteiger partial charge on any atom is -0.337 e. The van der Waals surface area contributed by atoms with Crippen molar-refractivity contribution in [3.05, 3.63) is 16.3 Å². The molecule has 2 fully saturated rings. The van der Waals surface area contributed by atoms with Gasteiger partial charge in [-0.15, -0.1) is 11.3 Å². The standard InChI is InChI=1S/C17H27N3O3S2/c1-17(2)12-19(10-6-14(17)18)16(21)15-13(7-11-24-15)25(22,23)20-8-4-3-5-9-20/h7,11,14H,3-6,8-10,12,18H2,1-2H3. The predicted molar refractivity (Wildman–Crippen MR) is 99.2 cm³/mol. The van der Waals surface area contributed by atoms with Gasteiger partial charge in [0.2, 0.25) is 10.0 Å². The molecule has 1 aromatic heterocycles. The fourth-order valence-corrected chi connectivity index (χ4v) is 6.47. The summed E-state index contributed by atoms with van der Waals surface area (Å²) in [7, 11) is -3.60. The number of nitrogens with two attached hydrogens (primary N) is 1. The molecule has 25 heavy (non-hydrogen) atoms. The van der Waals surface area contributed by atoms with E-state index in [4.69, 9.17) is 5.73 Å². The number of rotatable bonds is 3. The number of piperidine rings is 2. The summed E-state index contributed by atoms with van der Waals surface area (Å²) in [5, 5.41) is 1.70. The number of likely N-dealkylation sites (tertiary alicyclic amines) is 1. The van der Waals surface area contributed by atoms with Crippen LogP contribution in [0.3, 0.4) is 0 Å². The molecule has 6 nitrogen and oxygen atoms in total. The van der Waals surface area contributed by atoms with E-state index in [9.17, 15) is 13.2 Å². The van der Waals surface area contributed by atoms with E-state index in [2.05, 4.69) is 13.8 Å². The van der Waals surface area contributed by atoms with E-state index in [1.54, 1.807) is 16.3 Å². The Labute approximate surface area is 154 Å². The van der Waals surface area contributed by atoms with Gasteiger partial charge in [0.05, 0.1) is 0 Å². The Morgan fingerprint density at radius 1 is 1.24 bits per heavy atom. The fraction of sp³-hybridized carbons (Fsp3) is 0.706. The van der Waals surface area contributed by atoms with Gasteiger partial charge in [0.1, 0.15) is 9.77 Å². The van der Waals surface area contributed by atoms with Crippen LogP contribution in [-0.2, 0) is 10.0 Å². The van der Waals surface area contributed by atoms with Crippen LogP contribution in [0.1, 0.15) is 49.2 Å². The Bertz CT molecular complexity index is 736. The molecule has 140 valence electrons. The molecule has 3 heterocycles. The minimum atomic E-state index is -3.60. The van der Waals surface area contributed by atoms with E-state index in [1.165, 1.54) is 15.6 Å². The van der Waals surface area contributed by atoms with Gasteiger partial charge in [-0.25, -0.2) is 8.42 Å². The Balaban J connectivity index is 1.85. The summed E-state index contributed by atoms with van der Waals surface area (Å²) >= 11 is 1.21. The van der Waals surface area contributed by atoms with Crippen LogP contribution in [0.15, 0.2) is 16.3 Å². The average molecular weight is 386 g/mol. The average Bonchev–Trinajstić information content (AvgIpc) is 3.08. The van der Waals surface area contributed by atoms with E-state index >= 15 is 0 Å². The van der Waals surface area contributed by atoms with Gasteiger partial charge in [0, 0.05) is 32.2 Å². The number of amides is 1. The highest BCUT2D eigenvalue weighted by atomic mass is 32.2. The molecule has 2 aliphatic heterocycles. The van der Waals surface area contributed by atoms with Crippen LogP contribution >= 0.6 is 11.3 Å². The summed E-state index contributed by atoms with van der Waals surface area (Å²) in [6, 6.07) is 1.62. The summed E-state index contributed by atoms with van der Waals surface area (Å²) < 4.78 is 27.5. The van der Waals surface area contributed by atoms with Crippen LogP contribution in [-0.4, -0.2) is 55.8 Å². The van der Waals surface area contributed by atoms with Crippen LogP contribution in [0, 0.1) is 5.41 Å². The third-order valence-electron chi connectivity index (χ3n) is 5.36. The van der Waals surface area contributed by atoms with Crippen molar-refractivity contribution in [2.75, 3.05) is 26.2 Å². The smallest absolute Gasteiger partial charge is 0.265 e. The summed E-state index contributed by atoms with van der Waals surface area (Å²) in [6.45, 7) is 6.31. The molecule has 0 spiro atoms. The first-order valence-electron chi connectivity index (χ1n) is 8.86. The van der Waals surface area contributed by atoms with Crippen LogP contribution in [0.4, 0.5) is 0 Å². The highest BCUT2D eigenvalue weighted by Crippen LogP contribution is 2.32. The summed E-state index contributed by atoms with van der Waals surface area (Å²) in [6.07, 6.45) is 3.55. The maximum absolute atomic E-state index is 13.0. The van der Waals surface area contributed by atoms with E-state index in [1.807, 2.05) is 0 Å². The van der Waals surface area contributed by atoms with E-state index in [-0.39, 0.29) is 22.3 Å². The van der Waals surface area contributed by atoms with Gasteiger partial charge in [0.15, 0.2) is 0 Å². The lowest BCUT2D eigenvalue weighted by Crippen LogP contribution is -2.54. The lowest BCUT2D eigenvalue weighted by atomic mass is 9.79. The van der Waals surface area contributed by atoms with E-state index in [0.717, 1.165) is 25.7 Å². The Morgan fingerprint density at radius 3 is 2.56 bits per heavy atom. The maximum atomic E-state index is 13.0. The Morgan fingerprint density at radius 2 is 1.92 bits per heavy atom. The monoisotopic (exact) mass is 385 g/mol. The number of carbonyl (C=O) groups is 1. The summed E-state index contributed by atoms with van der Waals surface area (Å²) in [5.74, 6) is -0.189. The molecule has 2 aliphatic rings. The van der Waals surface area contributed by atoms with E-state index in [0.29, 0.717) is 31.1 Å².